The van der Waals surface area contributed by atoms with Crippen LogP contribution in [-0.4, -0.2) is 43.8 Å². The summed E-state index contributed by atoms with van der Waals surface area (Å²) in [6.07, 6.45) is 1.62. The molecule has 2 heterocycles. The molecule has 8 heteroatoms. The average Bonchev–Trinajstić information content (AvgIpc) is 3.32. The molecule has 25 heavy (non-hydrogen) atoms. The van der Waals surface area contributed by atoms with Crippen molar-refractivity contribution in [2.24, 2.45) is 7.05 Å². The molecule has 1 aromatic heterocycles. The quantitative estimate of drug-likeness (QED) is 0.775. The number of carbonyl (C=O) groups is 3. The highest BCUT2D eigenvalue weighted by Crippen LogP contribution is 2.31. The molecule has 1 aromatic carbocycles. The van der Waals surface area contributed by atoms with Gasteiger partial charge in [0.25, 0.3) is 0 Å². The van der Waals surface area contributed by atoms with Crippen LogP contribution in [0.5, 0.6) is 0 Å². The molecule has 1 atom stereocenters. The van der Waals surface area contributed by atoms with Crippen molar-refractivity contribution in [2.75, 3.05) is 0 Å². The number of para-hydroxylation sites is 2. The Morgan fingerprint density at radius 2 is 1.88 bits per heavy atom. The van der Waals surface area contributed by atoms with E-state index in [-0.39, 0.29) is 36.5 Å². The van der Waals surface area contributed by atoms with Gasteiger partial charge in [-0.3, -0.25) is 28.8 Å². The standard InChI is InChI=1S/C17H18N4O4/c1-19-11-4-2-3-5-12(11)20(17(19)25)9-15(23)21(10-6-7-10)13-8-14(22)18-16(13)24/h2-5,10,13H,6-9H2,1H3,(H,18,22,24)/t13-/m1/s1. The number of hydrogen-bond donors (Lipinski definition) is 1. The number of nitrogens with one attached hydrogen (secondary N) is 1. The number of imidazole rings is 1. The van der Waals surface area contributed by atoms with Crippen LogP contribution in [0.2, 0.25) is 0 Å². The Balaban J connectivity index is 1.67. The second-order valence-electron chi connectivity index (χ2n) is 6.58. The summed E-state index contributed by atoms with van der Waals surface area (Å²) >= 11 is 0. The normalized spacial score (nSPS) is 20.1. The topological polar surface area (TPSA) is 93.4 Å². The zero-order valence-electron chi connectivity index (χ0n) is 13.8. The average molecular weight is 342 g/mol. The van der Waals surface area contributed by atoms with Crippen molar-refractivity contribution in [1.82, 2.24) is 19.4 Å². The van der Waals surface area contributed by atoms with Crippen LogP contribution >= 0.6 is 0 Å². The van der Waals surface area contributed by atoms with Crippen LogP contribution in [0.1, 0.15) is 19.3 Å². The molecule has 1 N–H and O–H groups in total. The van der Waals surface area contributed by atoms with Gasteiger partial charge in [0.15, 0.2) is 0 Å². The van der Waals surface area contributed by atoms with Crippen LogP contribution in [0.15, 0.2) is 29.1 Å². The molecule has 0 unspecified atom stereocenters. The number of fused-ring (bicyclic) bond motifs is 1. The fourth-order valence-corrected chi connectivity index (χ4v) is 3.48. The number of hydrogen-bond acceptors (Lipinski definition) is 4. The summed E-state index contributed by atoms with van der Waals surface area (Å²) in [5.74, 6) is -1.11. The number of aryl methyl sites for hydroxylation is 1. The van der Waals surface area contributed by atoms with Crippen LogP contribution in [0.4, 0.5) is 0 Å². The van der Waals surface area contributed by atoms with E-state index < -0.39 is 11.9 Å². The van der Waals surface area contributed by atoms with Gasteiger partial charge in [-0.15, -0.1) is 0 Å². The number of aromatic nitrogens is 2. The monoisotopic (exact) mass is 342 g/mol. The lowest BCUT2D eigenvalue weighted by Crippen LogP contribution is -2.47. The fourth-order valence-electron chi connectivity index (χ4n) is 3.48. The number of amides is 3. The predicted octanol–water partition coefficient (Wildman–Crippen LogP) is -0.254. The first kappa shape index (κ1) is 15.6. The van der Waals surface area contributed by atoms with Crippen molar-refractivity contribution in [3.63, 3.8) is 0 Å². The summed E-state index contributed by atoms with van der Waals surface area (Å²) in [6.45, 7) is -0.144. The van der Waals surface area contributed by atoms with Crippen molar-refractivity contribution >= 4 is 28.8 Å². The third kappa shape index (κ3) is 2.54. The highest BCUT2D eigenvalue weighted by molar-refractivity contribution is 6.07. The number of nitrogens with zero attached hydrogens (tertiary/aromatic N) is 3. The molecule has 0 radical (unpaired) electrons. The molecule has 1 saturated carbocycles. The number of rotatable bonds is 4. The van der Waals surface area contributed by atoms with E-state index in [4.69, 9.17) is 0 Å². The molecule has 0 bridgehead atoms. The van der Waals surface area contributed by atoms with Crippen LogP contribution in [-0.2, 0) is 28.0 Å². The van der Waals surface area contributed by atoms with E-state index in [0.717, 1.165) is 18.4 Å². The number of imide groups is 1. The minimum atomic E-state index is -0.766. The summed E-state index contributed by atoms with van der Waals surface area (Å²) in [7, 11) is 1.66. The molecule has 2 fully saturated rings. The lowest BCUT2D eigenvalue weighted by Gasteiger charge is -2.26. The van der Waals surface area contributed by atoms with Gasteiger partial charge < -0.3 is 4.90 Å². The number of benzene rings is 1. The van der Waals surface area contributed by atoms with Gasteiger partial charge in [0.05, 0.1) is 17.5 Å². The zero-order valence-corrected chi connectivity index (χ0v) is 13.8. The SMILES string of the molecule is Cn1c(=O)n(CC(=O)N(C2CC2)[C@@H]2CC(=O)NC2=O)c2ccccc21. The van der Waals surface area contributed by atoms with Gasteiger partial charge in [0.1, 0.15) is 12.6 Å². The first-order valence-electron chi connectivity index (χ1n) is 8.26. The van der Waals surface area contributed by atoms with Crippen molar-refractivity contribution in [2.45, 2.75) is 37.9 Å². The molecule has 2 aliphatic rings. The summed E-state index contributed by atoms with van der Waals surface area (Å²) in [4.78, 5) is 50.4. The maximum atomic E-state index is 12.9. The first-order valence-corrected chi connectivity index (χ1v) is 8.26. The van der Waals surface area contributed by atoms with Crippen LogP contribution < -0.4 is 11.0 Å². The molecule has 1 aliphatic carbocycles. The Labute approximate surface area is 143 Å². The van der Waals surface area contributed by atoms with Gasteiger partial charge in [-0.2, -0.15) is 0 Å². The summed E-state index contributed by atoms with van der Waals surface area (Å²) in [6, 6.07) is 6.46. The Morgan fingerprint density at radius 1 is 1.20 bits per heavy atom. The molecule has 3 amide bonds. The lowest BCUT2D eigenvalue weighted by molar-refractivity contribution is -0.140. The van der Waals surface area contributed by atoms with E-state index in [0.29, 0.717) is 5.52 Å². The lowest BCUT2D eigenvalue weighted by atomic mass is 10.2. The van der Waals surface area contributed by atoms with Gasteiger partial charge >= 0.3 is 5.69 Å². The van der Waals surface area contributed by atoms with E-state index in [1.54, 1.807) is 13.1 Å². The Kier molecular flexibility index (Phi) is 3.48. The van der Waals surface area contributed by atoms with Gasteiger partial charge in [-0.1, -0.05) is 12.1 Å². The first-order chi connectivity index (χ1) is 12.0. The maximum Gasteiger partial charge on any atom is 0.329 e. The molecule has 130 valence electrons. The van der Waals surface area contributed by atoms with Crippen LogP contribution in [0.3, 0.4) is 0 Å². The minimum Gasteiger partial charge on any atom is -0.326 e. The fraction of sp³-hybridized carbons (Fsp3) is 0.412. The molecular weight excluding hydrogens is 324 g/mol. The van der Waals surface area contributed by atoms with Gasteiger partial charge in [0.2, 0.25) is 17.7 Å². The van der Waals surface area contributed by atoms with E-state index >= 15 is 0 Å². The zero-order chi connectivity index (χ0) is 17.7. The van der Waals surface area contributed by atoms with E-state index in [2.05, 4.69) is 5.32 Å². The maximum absolute atomic E-state index is 12.9. The van der Waals surface area contributed by atoms with Crippen molar-refractivity contribution in [1.29, 1.82) is 0 Å². The third-order valence-electron chi connectivity index (χ3n) is 4.85. The Hall–Kier alpha value is -2.90. The third-order valence-corrected chi connectivity index (χ3v) is 4.85. The highest BCUT2D eigenvalue weighted by Gasteiger charge is 2.44. The van der Waals surface area contributed by atoms with Crippen LogP contribution in [0, 0.1) is 0 Å². The molecule has 4 rings (SSSR count). The minimum absolute atomic E-state index is 0.00842. The van der Waals surface area contributed by atoms with E-state index in [1.807, 2.05) is 18.2 Å². The summed E-state index contributed by atoms with van der Waals surface area (Å²) in [5.41, 5.74) is 1.13. The summed E-state index contributed by atoms with van der Waals surface area (Å²) < 4.78 is 2.91. The van der Waals surface area contributed by atoms with Crippen molar-refractivity contribution in [3.05, 3.63) is 34.7 Å². The van der Waals surface area contributed by atoms with E-state index in [9.17, 15) is 19.2 Å². The molecule has 0 spiro atoms. The largest absolute Gasteiger partial charge is 0.329 e. The van der Waals surface area contributed by atoms with Gasteiger partial charge in [0, 0.05) is 13.1 Å². The summed E-state index contributed by atoms with van der Waals surface area (Å²) in [5, 5.41) is 2.25. The number of carbonyl (C=O) groups excluding carboxylic acids is 3. The molecule has 2 aromatic rings. The second-order valence-corrected chi connectivity index (χ2v) is 6.58. The molecule has 1 saturated heterocycles. The second kappa shape index (κ2) is 5.58. The van der Waals surface area contributed by atoms with Crippen molar-refractivity contribution in [3.8, 4) is 0 Å². The van der Waals surface area contributed by atoms with Gasteiger partial charge in [-0.25, -0.2) is 4.79 Å². The Bertz CT molecular complexity index is 953. The smallest absolute Gasteiger partial charge is 0.326 e. The predicted molar refractivity (Wildman–Crippen MR) is 88.6 cm³/mol. The van der Waals surface area contributed by atoms with Crippen molar-refractivity contribution < 1.29 is 14.4 Å². The Morgan fingerprint density at radius 3 is 2.48 bits per heavy atom. The van der Waals surface area contributed by atoms with Gasteiger partial charge in [-0.05, 0) is 25.0 Å². The van der Waals surface area contributed by atoms with E-state index in [1.165, 1.54) is 14.0 Å². The van der Waals surface area contributed by atoms with Crippen LogP contribution in [0.25, 0.3) is 11.0 Å². The molecular formula is C17H18N4O4. The molecule has 8 nitrogen and oxygen atoms in total. The molecule has 1 aliphatic heterocycles. The highest BCUT2D eigenvalue weighted by atomic mass is 16.2.